The number of hydrogen-bond acceptors (Lipinski definition) is 10. The Kier molecular flexibility index (Phi) is 14.4. The number of aliphatic hydroxyl groups is 1. The van der Waals surface area contributed by atoms with E-state index in [1.807, 2.05) is 18.2 Å². The van der Waals surface area contributed by atoms with Crippen molar-refractivity contribution in [2.45, 2.75) is 75.5 Å². The first kappa shape index (κ1) is 37.4. The van der Waals surface area contributed by atoms with Crippen molar-refractivity contribution < 1.29 is 29.2 Å². The van der Waals surface area contributed by atoms with Crippen molar-refractivity contribution >= 4 is 27.3 Å². The first-order valence-corrected chi connectivity index (χ1v) is 17.3. The van der Waals surface area contributed by atoms with Gasteiger partial charge in [-0.15, -0.1) is 0 Å². The normalized spacial score (nSPS) is 14.3. The second-order valence-electron chi connectivity index (χ2n) is 11.6. The van der Waals surface area contributed by atoms with Crippen molar-refractivity contribution in [3.63, 3.8) is 0 Å². The molecule has 1 N–H and O–H groups in total. The van der Waals surface area contributed by atoms with Crippen LogP contribution in [0.1, 0.15) is 62.8 Å². The predicted molar refractivity (Wildman–Crippen MR) is 190 cm³/mol. The van der Waals surface area contributed by atoms with E-state index in [9.17, 15) is 20.2 Å². The molecule has 0 saturated heterocycles. The van der Waals surface area contributed by atoms with E-state index in [2.05, 4.69) is 25.9 Å². The highest BCUT2D eigenvalue weighted by Gasteiger charge is 2.18. The lowest BCUT2D eigenvalue weighted by molar-refractivity contribution is -0.385. The van der Waals surface area contributed by atoms with Gasteiger partial charge in [0, 0.05) is 40.7 Å². The average Bonchev–Trinajstić information content (AvgIpc) is 3.85. The fraction of sp³-hybridized carbons (Fsp3) is 0.389. The summed E-state index contributed by atoms with van der Waals surface area (Å²) in [6.07, 6.45) is 9.57. The van der Waals surface area contributed by atoms with Crippen LogP contribution < -0.4 is 9.47 Å². The van der Waals surface area contributed by atoms with E-state index in [0.717, 1.165) is 37.1 Å². The number of aromatic nitrogens is 2. The minimum absolute atomic E-state index is 0.0314. The zero-order valence-electron chi connectivity index (χ0n) is 27.6. The van der Waals surface area contributed by atoms with E-state index in [-0.39, 0.29) is 17.5 Å². The van der Waals surface area contributed by atoms with Gasteiger partial charge in [-0.05, 0) is 49.9 Å². The Balaban J connectivity index is 0.000000192. The van der Waals surface area contributed by atoms with Crippen LogP contribution in [0.2, 0.25) is 0 Å². The first-order chi connectivity index (χ1) is 23.7. The zero-order chi connectivity index (χ0) is 35.2. The van der Waals surface area contributed by atoms with Gasteiger partial charge in [0.05, 0.1) is 54.3 Å². The van der Waals surface area contributed by atoms with Crippen LogP contribution in [0, 0.1) is 20.2 Å². The summed E-state index contributed by atoms with van der Waals surface area (Å²) in [5, 5.41) is 31.1. The highest BCUT2D eigenvalue weighted by Crippen LogP contribution is 2.32. The summed E-state index contributed by atoms with van der Waals surface area (Å²) in [7, 11) is 3.11. The Morgan fingerprint density at radius 1 is 0.735 bits per heavy atom. The molecule has 4 aromatic rings. The van der Waals surface area contributed by atoms with Gasteiger partial charge in [0.25, 0.3) is 11.4 Å². The molecule has 2 heterocycles. The Morgan fingerprint density at radius 2 is 1.20 bits per heavy atom. The molecule has 2 saturated carbocycles. The minimum atomic E-state index is -0.426. The van der Waals surface area contributed by atoms with Crippen molar-refractivity contribution in [2.75, 3.05) is 14.2 Å². The van der Waals surface area contributed by atoms with Gasteiger partial charge in [-0.1, -0.05) is 65.9 Å². The SMILES string of the molecule is COc1ccc(CBr)nc1-c1cccc([N+](=O)[O-])c1.COc1ccc(COC2CCCC2)nc1-c1cccc([N+](=O)[O-])c1.OC1CCCC1. The molecule has 0 spiro atoms. The molecule has 0 bridgehead atoms. The van der Waals surface area contributed by atoms with E-state index in [1.165, 1.54) is 49.9 Å². The summed E-state index contributed by atoms with van der Waals surface area (Å²) in [5.41, 5.74) is 4.20. The number of benzene rings is 2. The lowest BCUT2D eigenvalue weighted by atomic mass is 10.1. The van der Waals surface area contributed by atoms with Crippen LogP contribution >= 0.6 is 15.9 Å². The molecule has 260 valence electrons. The Bertz CT molecular complexity index is 1690. The number of nitro benzene ring substituents is 2. The van der Waals surface area contributed by atoms with Crippen LogP contribution in [0.5, 0.6) is 11.5 Å². The average molecular weight is 738 g/mol. The molecule has 49 heavy (non-hydrogen) atoms. The third kappa shape index (κ3) is 11.0. The van der Waals surface area contributed by atoms with E-state index in [0.29, 0.717) is 52.1 Å². The van der Waals surface area contributed by atoms with E-state index >= 15 is 0 Å². The smallest absolute Gasteiger partial charge is 0.270 e. The summed E-state index contributed by atoms with van der Waals surface area (Å²) in [6.45, 7) is 0.441. The predicted octanol–water partition coefficient (Wildman–Crippen LogP) is 8.61. The number of aliphatic hydroxyl groups excluding tert-OH is 1. The molecule has 13 heteroatoms. The molecule has 12 nitrogen and oxygen atoms in total. The van der Waals surface area contributed by atoms with Crippen LogP contribution in [-0.4, -0.2) is 51.3 Å². The number of hydrogen-bond donors (Lipinski definition) is 1. The molecule has 2 fully saturated rings. The fourth-order valence-corrected chi connectivity index (χ4v) is 5.88. The summed E-state index contributed by atoms with van der Waals surface area (Å²) < 4.78 is 16.5. The highest BCUT2D eigenvalue weighted by molar-refractivity contribution is 9.08. The van der Waals surface area contributed by atoms with Gasteiger partial charge in [-0.3, -0.25) is 20.2 Å². The van der Waals surface area contributed by atoms with Gasteiger partial charge in [0.1, 0.15) is 22.9 Å². The quantitative estimate of drug-likeness (QED) is 0.0948. The van der Waals surface area contributed by atoms with E-state index < -0.39 is 9.85 Å². The third-order valence-corrected chi connectivity index (χ3v) is 8.74. The molecule has 0 amide bonds. The monoisotopic (exact) mass is 736 g/mol. The van der Waals surface area contributed by atoms with Crippen LogP contribution in [0.15, 0.2) is 72.8 Å². The molecular formula is C36H41BrN4O8. The van der Waals surface area contributed by atoms with E-state index in [1.54, 1.807) is 44.6 Å². The second kappa shape index (κ2) is 18.9. The molecule has 6 rings (SSSR count). The van der Waals surface area contributed by atoms with Gasteiger partial charge in [0.2, 0.25) is 0 Å². The molecule has 2 aromatic heterocycles. The molecule has 0 radical (unpaired) electrons. The Hall–Kier alpha value is -4.46. The van der Waals surface area contributed by atoms with Crippen molar-refractivity contribution in [1.82, 2.24) is 9.97 Å². The van der Waals surface area contributed by atoms with Crippen molar-refractivity contribution in [2.24, 2.45) is 0 Å². The summed E-state index contributed by atoms with van der Waals surface area (Å²) >= 11 is 3.34. The Labute approximate surface area is 293 Å². The van der Waals surface area contributed by atoms with Crippen LogP contribution in [0.25, 0.3) is 22.5 Å². The molecule has 2 aliphatic rings. The van der Waals surface area contributed by atoms with E-state index in [4.69, 9.17) is 19.3 Å². The van der Waals surface area contributed by atoms with Gasteiger partial charge < -0.3 is 19.3 Å². The maximum Gasteiger partial charge on any atom is 0.270 e. The van der Waals surface area contributed by atoms with Gasteiger partial charge >= 0.3 is 0 Å². The van der Waals surface area contributed by atoms with Crippen LogP contribution in [0.3, 0.4) is 0 Å². The largest absolute Gasteiger partial charge is 0.494 e. The van der Waals surface area contributed by atoms with Gasteiger partial charge in [-0.2, -0.15) is 0 Å². The maximum atomic E-state index is 11.0. The number of rotatable bonds is 10. The van der Waals surface area contributed by atoms with Gasteiger partial charge in [-0.25, -0.2) is 9.97 Å². The van der Waals surface area contributed by atoms with Crippen LogP contribution in [-0.2, 0) is 16.7 Å². The number of nitro groups is 2. The lowest BCUT2D eigenvalue weighted by Crippen LogP contribution is -2.08. The standard InChI is InChI=1S/C18H20N2O4.C13H11BrN2O3.C5H10O/c1-23-17-10-9-14(12-24-16-7-2-3-8-16)19-18(17)13-5-4-6-15(11-13)20(21)22;1-19-12-6-5-10(8-14)15-13(12)9-3-2-4-11(7-9)16(17)18;6-5-3-1-2-4-5/h4-6,9-11,16H,2-3,7-8,12H2,1H3;2-7H,8H2,1H3;5-6H,1-4H2. The fourth-order valence-electron chi connectivity index (χ4n) is 5.57. The summed E-state index contributed by atoms with van der Waals surface area (Å²) in [6, 6.07) is 20.1. The molecule has 2 aliphatic carbocycles. The summed E-state index contributed by atoms with van der Waals surface area (Å²) in [4.78, 5) is 30.0. The summed E-state index contributed by atoms with van der Waals surface area (Å²) in [5.74, 6) is 1.17. The van der Waals surface area contributed by atoms with Crippen LogP contribution in [0.4, 0.5) is 11.4 Å². The number of pyridine rings is 2. The zero-order valence-corrected chi connectivity index (χ0v) is 29.2. The molecule has 0 unspecified atom stereocenters. The number of non-ortho nitro benzene ring substituents is 2. The van der Waals surface area contributed by atoms with Crippen molar-refractivity contribution in [3.8, 4) is 34.0 Å². The van der Waals surface area contributed by atoms with Crippen molar-refractivity contribution in [3.05, 3.63) is 104 Å². The molecule has 2 aromatic carbocycles. The lowest BCUT2D eigenvalue weighted by Gasteiger charge is -2.13. The third-order valence-electron chi connectivity index (χ3n) is 8.16. The number of alkyl halides is 1. The van der Waals surface area contributed by atoms with Crippen molar-refractivity contribution in [1.29, 1.82) is 0 Å². The molecular weight excluding hydrogens is 696 g/mol. The molecule has 0 aliphatic heterocycles. The second-order valence-corrected chi connectivity index (χ2v) is 12.2. The number of ether oxygens (including phenoxy) is 3. The number of halogens is 1. The number of nitrogens with zero attached hydrogens (tertiary/aromatic N) is 4. The minimum Gasteiger partial charge on any atom is -0.494 e. The Morgan fingerprint density at radius 3 is 1.63 bits per heavy atom. The topological polar surface area (TPSA) is 160 Å². The number of methoxy groups -OCH3 is 2. The van der Waals surface area contributed by atoms with Gasteiger partial charge in [0.15, 0.2) is 0 Å². The maximum absolute atomic E-state index is 11.0. The molecule has 0 atom stereocenters. The first-order valence-electron chi connectivity index (χ1n) is 16.2. The highest BCUT2D eigenvalue weighted by atomic mass is 79.9.